The first kappa shape index (κ1) is 108. The zero-order valence-electron chi connectivity index (χ0n) is 72.6. The van der Waals surface area contributed by atoms with Gasteiger partial charge in [-0.15, -0.1) is 0 Å². The monoisotopic (exact) mass is 1610 g/mol. The van der Waals surface area contributed by atoms with Crippen LogP contribution in [-0.4, -0.2) is 96.7 Å². The summed E-state index contributed by atoms with van der Waals surface area (Å²) in [6, 6.07) is 0. The summed E-state index contributed by atoms with van der Waals surface area (Å²) in [5, 5.41) is 10.7. The lowest BCUT2D eigenvalue weighted by atomic mass is 10.0. The molecule has 0 saturated carbocycles. The van der Waals surface area contributed by atoms with Crippen LogP contribution in [0.15, 0.2) is 0 Å². The van der Waals surface area contributed by atoms with Gasteiger partial charge in [0.15, 0.2) is 12.2 Å². The van der Waals surface area contributed by atoms with Gasteiger partial charge in [0, 0.05) is 25.7 Å². The fraction of sp³-hybridized carbons (Fsp3) is 0.956. The average molecular weight is 1610 g/mol. The molecular weight excluding hydrogens is 1430 g/mol. The van der Waals surface area contributed by atoms with Gasteiger partial charge >= 0.3 is 39.5 Å². The van der Waals surface area contributed by atoms with E-state index in [0.717, 1.165) is 102 Å². The van der Waals surface area contributed by atoms with Crippen LogP contribution in [0.25, 0.3) is 0 Å². The molecule has 0 fully saturated rings. The molecule has 2 unspecified atom stereocenters. The Morgan fingerprint density at radius 2 is 0.418 bits per heavy atom. The molecule has 0 spiro atoms. The summed E-state index contributed by atoms with van der Waals surface area (Å²) in [5.41, 5.74) is 0. The van der Waals surface area contributed by atoms with Crippen LogP contribution >= 0.6 is 15.6 Å². The van der Waals surface area contributed by atoms with E-state index in [4.69, 9.17) is 37.0 Å². The van der Waals surface area contributed by atoms with Gasteiger partial charge in [0.1, 0.15) is 19.3 Å². The lowest BCUT2D eigenvalue weighted by molar-refractivity contribution is -0.161. The number of aliphatic hydroxyl groups excluding tert-OH is 1. The van der Waals surface area contributed by atoms with Crippen LogP contribution in [0, 0.1) is 11.8 Å². The quantitative estimate of drug-likeness (QED) is 0.0222. The van der Waals surface area contributed by atoms with Crippen LogP contribution in [-0.2, 0) is 65.4 Å². The lowest BCUT2D eigenvalue weighted by Gasteiger charge is -2.21. The van der Waals surface area contributed by atoms with E-state index in [0.29, 0.717) is 25.7 Å². The topological polar surface area (TPSA) is 237 Å². The summed E-state index contributed by atoms with van der Waals surface area (Å²) in [7, 11) is -9.93. The summed E-state index contributed by atoms with van der Waals surface area (Å²) in [5.74, 6) is -0.589. The van der Waals surface area contributed by atoms with Crippen molar-refractivity contribution >= 4 is 39.5 Å². The van der Waals surface area contributed by atoms with Gasteiger partial charge in [0.05, 0.1) is 26.4 Å². The number of carbonyl (C=O) groups is 4. The zero-order valence-corrected chi connectivity index (χ0v) is 74.4. The number of hydrogen-bond acceptors (Lipinski definition) is 15. The molecule has 19 heteroatoms. The molecule has 0 bridgehead atoms. The normalized spacial score (nSPS) is 13.7. The predicted molar refractivity (Wildman–Crippen MR) is 455 cm³/mol. The summed E-state index contributed by atoms with van der Waals surface area (Å²) in [6.07, 6.45) is 76.7. The van der Waals surface area contributed by atoms with Gasteiger partial charge < -0.3 is 33.8 Å². The van der Waals surface area contributed by atoms with E-state index in [9.17, 15) is 43.2 Å². The van der Waals surface area contributed by atoms with Crippen molar-refractivity contribution in [3.05, 3.63) is 0 Å². The van der Waals surface area contributed by atoms with Gasteiger partial charge in [-0.2, -0.15) is 0 Å². The van der Waals surface area contributed by atoms with Crippen LogP contribution in [0.1, 0.15) is 491 Å². The third-order valence-electron chi connectivity index (χ3n) is 21.5. The number of ether oxygens (including phenoxy) is 4. The number of carbonyl (C=O) groups excluding carboxylic acids is 4. The third-order valence-corrected chi connectivity index (χ3v) is 23.4. The van der Waals surface area contributed by atoms with Gasteiger partial charge in [0.25, 0.3) is 0 Å². The van der Waals surface area contributed by atoms with Gasteiger partial charge in [0.2, 0.25) is 0 Å². The predicted octanol–water partition coefficient (Wildman–Crippen LogP) is 28.2. The Morgan fingerprint density at radius 1 is 0.245 bits per heavy atom. The lowest BCUT2D eigenvalue weighted by Crippen LogP contribution is -2.30. The average Bonchev–Trinajstić information content (AvgIpc) is 0.899. The van der Waals surface area contributed by atoms with Crippen molar-refractivity contribution in [1.82, 2.24) is 0 Å². The maximum Gasteiger partial charge on any atom is 0.472 e. The summed E-state index contributed by atoms with van der Waals surface area (Å²) < 4.78 is 69.0. The van der Waals surface area contributed by atoms with Crippen molar-refractivity contribution < 1.29 is 80.2 Å². The third kappa shape index (κ3) is 84.0. The van der Waals surface area contributed by atoms with Gasteiger partial charge in [-0.25, -0.2) is 9.13 Å². The minimum Gasteiger partial charge on any atom is -0.462 e. The largest absolute Gasteiger partial charge is 0.472 e. The Kier molecular flexibility index (Phi) is 80.7. The molecule has 3 N–H and O–H groups in total. The van der Waals surface area contributed by atoms with E-state index in [1.807, 2.05) is 0 Å². The molecule has 0 aliphatic rings. The number of rotatable bonds is 90. The molecule has 0 amide bonds. The summed E-state index contributed by atoms with van der Waals surface area (Å²) >= 11 is 0. The van der Waals surface area contributed by atoms with Crippen molar-refractivity contribution in [2.45, 2.75) is 509 Å². The molecule has 0 aliphatic heterocycles. The van der Waals surface area contributed by atoms with E-state index in [-0.39, 0.29) is 25.7 Å². The minimum atomic E-state index is -4.97. The molecule has 0 rings (SSSR count). The molecule has 0 saturated heterocycles. The molecule has 0 radical (unpaired) electrons. The number of hydrogen-bond donors (Lipinski definition) is 3. The highest BCUT2D eigenvalue weighted by atomic mass is 31.2. The first-order chi connectivity index (χ1) is 53.4. The van der Waals surface area contributed by atoms with Crippen LogP contribution in [0.4, 0.5) is 0 Å². The van der Waals surface area contributed by atoms with Crippen molar-refractivity contribution in [3.63, 3.8) is 0 Å². The molecular formula is C91H178O17P2. The van der Waals surface area contributed by atoms with Gasteiger partial charge in [-0.1, -0.05) is 440 Å². The maximum atomic E-state index is 13.2. The Bertz CT molecular complexity index is 2100. The molecule has 0 aromatic rings. The molecule has 654 valence electrons. The van der Waals surface area contributed by atoms with E-state index in [2.05, 4.69) is 41.5 Å². The van der Waals surface area contributed by atoms with Crippen LogP contribution in [0.3, 0.4) is 0 Å². The fourth-order valence-electron chi connectivity index (χ4n) is 14.3. The standard InChI is InChI=1S/C91H178O17P2/c1-7-9-11-13-15-17-19-21-23-25-27-29-31-33-35-37-39-41-49-55-61-67-73-88(93)101-79-86(107-90(95)75-69-63-57-51-42-40-38-36-34-32-30-28-26-24-22-20-18-16-14-12-10-8-2)81-105-109(97,98)103-77-85(92)78-104-110(99,100)106-82-87(108-91(96)76-70-64-58-52-46-44-48-54-60-66-72-84(5)6)80-102-89(94)74-68-62-56-50-45-43-47-53-59-65-71-83(3)4/h83-87,92H,7-82H2,1-6H3,(H,97,98)(H,99,100)/t85-,86-,87-/m1/s1. The highest BCUT2D eigenvalue weighted by Gasteiger charge is 2.31. The fourth-order valence-corrected chi connectivity index (χ4v) is 15.9. The number of phosphoric ester groups is 2. The highest BCUT2D eigenvalue weighted by Crippen LogP contribution is 2.45. The molecule has 5 atom stereocenters. The van der Waals surface area contributed by atoms with Crippen LogP contribution < -0.4 is 0 Å². The van der Waals surface area contributed by atoms with Crippen molar-refractivity contribution in [2.75, 3.05) is 39.6 Å². The Morgan fingerprint density at radius 3 is 0.618 bits per heavy atom. The zero-order chi connectivity index (χ0) is 80.6. The van der Waals surface area contributed by atoms with Crippen molar-refractivity contribution in [2.24, 2.45) is 11.8 Å². The van der Waals surface area contributed by atoms with Crippen LogP contribution in [0.5, 0.6) is 0 Å². The number of unbranched alkanes of at least 4 members (excludes halogenated alkanes) is 60. The second-order valence-corrected chi connectivity index (χ2v) is 36.6. The van der Waals surface area contributed by atoms with E-state index in [1.54, 1.807) is 0 Å². The molecule has 0 aromatic carbocycles. The molecule has 0 heterocycles. The second-order valence-electron chi connectivity index (χ2n) is 33.6. The Hall–Kier alpha value is -1.94. The minimum absolute atomic E-state index is 0.106. The first-order valence-corrected chi connectivity index (χ1v) is 50.0. The van der Waals surface area contributed by atoms with E-state index in [1.165, 1.54) is 308 Å². The molecule has 0 aliphatic carbocycles. The Labute approximate surface area is 677 Å². The summed E-state index contributed by atoms with van der Waals surface area (Å²) in [6.45, 7) is 9.67. The maximum absolute atomic E-state index is 13.2. The van der Waals surface area contributed by atoms with E-state index >= 15 is 0 Å². The highest BCUT2D eigenvalue weighted by molar-refractivity contribution is 7.47. The number of phosphoric acid groups is 2. The molecule has 110 heavy (non-hydrogen) atoms. The Balaban J connectivity index is 5.22. The number of aliphatic hydroxyl groups is 1. The van der Waals surface area contributed by atoms with E-state index < -0.39 is 97.5 Å². The first-order valence-electron chi connectivity index (χ1n) is 47.0. The smallest absolute Gasteiger partial charge is 0.462 e. The number of esters is 4. The molecule has 0 aromatic heterocycles. The van der Waals surface area contributed by atoms with Gasteiger partial charge in [-0.05, 0) is 37.5 Å². The van der Waals surface area contributed by atoms with Crippen LogP contribution in [0.2, 0.25) is 0 Å². The van der Waals surface area contributed by atoms with Crippen molar-refractivity contribution in [3.8, 4) is 0 Å². The van der Waals surface area contributed by atoms with Crippen molar-refractivity contribution in [1.29, 1.82) is 0 Å². The second kappa shape index (κ2) is 82.2. The SMILES string of the molecule is CCCCCCCCCCCCCCCCCCCCCCCCC(=O)OC[C@H](COP(=O)(O)OC[C@@H](O)COP(=O)(O)OC[C@@H](COC(=O)CCCCCCCCCCCCC(C)C)OC(=O)CCCCCCCCCCCCC(C)C)OC(=O)CCCCCCCCCCCCCCCCCCCCCCCC. The van der Waals surface area contributed by atoms with Gasteiger partial charge in [-0.3, -0.25) is 37.3 Å². The summed E-state index contributed by atoms with van der Waals surface area (Å²) in [4.78, 5) is 73.4. The molecule has 17 nitrogen and oxygen atoms in total.